The molecule has 0 saturated heterocycles. The quantitative estimate of drug-likeness (QED) is 0.859. The van der Waals surface area contributed by atoms with E-state index in [2.05, 4.69) is 0 Å². The second-order valence-corrected chi connectivity index (χ2v) is 4.41. The zero-order valence-electron chi connectivity index (χ0n) is 11.1. The van der Waals surface area contributed by atoms with Crippen LogP contribution in [0.3, 0.4) is 0 Å². The summed E-state index contributed by atoms with van der Waals surface area (Å²) in [7, 11) is 3.54. The van der Waals surface area contributed by atoms with Gasteiger partial charge in [0.25, 0.3) is 0 Å². The molecule has 0 aliphatic carbocycles. The Morgan fingerprint density at radius 1 is 1.21 bits per heavy atom. The lowest BCUT2D eigenvalue weighted by Gasteiger charge is -2.20. The lowest BCUT2D eigenvalue weighted by molar-refractivity contribution is 0.414. The fraction of sp³-hybridized carbons (Fsp3) is 0.200. The summed E-state index contributed by atoms with van der Waals surface area (Å²) < 4.78 is 18.6. The standard InChI is InChI=1S/C15H17FN2O/c1-18(12-6-7-15(17)14(16)9-12)10-11-4-3-5-13(8-11)19-2/h3-9H,10,17H2,1-2H3. The van der Waals surface area contributed by atoms with Crippen molar-refractivity contribution in [3.63, 3.8) is 0 Å². The molecule has 0 amide bonds. The normalized spacial score (nSPS) is 10.3. The molecular formula is C15H17FN2O. The Kier molecular flexibility index (Phi) is 3.90. The van der Waals surface area contributed by atoms with Crippen LogP contribution in [0.4, 0.5) is 15.8 Å². The van der Waals surface area contributed by atoms with Gasteiger partial charge in [0.05, 0.1) is 12.8 Å². The first kappa shape index (κ1) is 13.2. The van der Waals surface area contributed by atoms with Crippen LogP contribution in [-0.2, 0) is 6.54 Å². The first-order valence-corrected chi connectivity index (χ1v) is 5.99. The van der Waals surface area contributed by atoms with Crippen LogP contribution in [0.15, 0.2) is 42.5 Å². The summed E-state index contributed by atoms with van der Waals surface area (Å²) in [5.41, 5.74) is 7.52. The zero-order valence-corrected chi connectivity index (χ0v) is 11.1. The molecule has 0 aromatic heterocycles. The van der Waals surface area contributed by atoms with Gasteiger partial charge in [-0.05, 0) is 35.9 Å². The molecule has 0 atom stereocenters. The average Bonchev–Trinajstić information content (AvgIpc) is 2.42. The van der Waals surface area contributed by atoms with E-state index in [4.69, 9.17) is 10.5 Å². The second kappa shape index (κ2) is 5.61. The van der Waals surface area contributed by atoms with E-state index in [9.17, 15) is 4.39 Å². The third-order valence-electron chi connectivity index (χ3n) is 2.98. The molecule has 0 fully saturated rings. The van der Waals surface area contributed by atoms with Crippen LogP contribution < -0.4 is 15.4 Å². The Labute approximate surface area is 112 Å². The first-order chi connectivity index (χ1) is 9.10. The lowest BCUT2D eigenvalue weighted by atomic mass is 10.2. The molecule has 2 aromatic carbocycles. The maximum atomic E-state index is 13.4. The van der Waals surface area contributed by atoms with E-state index >= 15 is 0 Å². The molecule has 100 valence electrons. The number of benzene rings is 2. The number of rotatable bonds is 4. The first-order valence-electron chi connectivity index (χ1n) is 5.99. The summed E-state index contributed by atoms with van der Waals surface area (Å²) in [5, 5.41) is 0. The molecule has 0 radical (unpaired) electrons. The highest BCUT2D eigenvalue weighted by molar-refractivity contribution is 5.54. The molecule has 0 unspecified atom stereocenters. The Morgan fingerprint density at radius 2 is 2.00 bits per heavy atom. The zero-order chi connectivity index (χ0) is 13.8. The van der Waals surface area contributed by atoms with Gasteiger partial charge in [0.2, 0.25) is 0 Å². The van der Waals surface area contributed by atoms with E-state index in [1.54, 1.807) is 19.2 Å². The van der Waals surface area contributed by atoms with Crippen LogP contribution in [0.2, 0.25) is 0 Å². The predicted molar refractivity (Wildman–Crippen MR) is 75.9 cm³/mol. The number of halogens is 1. The molecule has 0 saturated carbocycles. The molecule has 19 heavy (non-hydrogen) atoms. The highest BCUT2D eigenvalue weighted by atomic mass is 19.1. The van der Waals surface area contributed by atoms with E-state index in [0.717, 1.165) is 17.0 Å². The maximum Gasteiger partial charge on any atom is 0.148 e. The van der Waals surface area contributed by atoms with Crippen LogP contribution in [0.25, 0.3) is 0 Å². The van der Waals surface area contributed by atoms with Gasteiger partial charge in [-0.25, -0.2) is 4.39 Å². The summed E-state index contributed by atoms with van der Waals surface area (Å²) in [5.74, 6) is 0.421. The topological polar surface area (TPSA) is 38.5 Å². The predicted octanol–water partition coefficient (Wildman–Crippen LogP) is 3.05. The fourth-order valence-corrected chi connectivity index (χ4v) is 1.89. The fourth-order valence-electron chi connectivity index (χ4n) is 1.89. The summed E-state index contributed by atoms with van der Waals surface area (Å²) in [6.45, 7) is 0.667. The van der Waals surface area contributed by atoms with Gasteiger partial charge in [-0.2, -0.15) is 0 Å². The van der Waals surface area contributed by atoms with Crippen molar-refractivity contribution in [1.29, 1.82) is 0 Å². The van der Waals surface area contributed by atoms with E-state index < -0.39 is 5.82 Å². The number of nitrogens with zero attached hydrogens (tertiary/aromatic N) is 1. The van der Waals surface area contributed by atoms with Crippen molar-refractivity contribution >= 4 is 11.4 Å². The van der Waals surface area contributed by atoms with Gasteiger partial charge >= 0.3 is 0 Å². The monoisotopic (exact) mass is 260 g/mol. The molecule has 0 spiro atoms. The third-order valence-corrected chi connectivity index (χ3v) is 2.98. The lowest BCUT2D eigenvalue weighted by Crippen LogP contribution is -2.16. The van der Waals surface area contributed by atoms with Gasteiger partial charge in [0, 0.05) is 19.3 Å². The summed E-state index contributed by atoms with van der Waals surface area (Å²) in [6.07, 6.45) is 0. The molecule has 4 heteroatoms. The van der Waals surface area contributed by atoms with Crippen LogP contribution >= 0.6 is 0 Å². The smallest absolute Gasteiger partial charge is 0.148 e. The highest BCUT2D eigenvalue weighted by Crippen LogP contribution is 2.21. The number of ether oxygens (including phenoxy) is 1. The van der Waals surface area contributed by atoms with Gasteiger partial charge in [-0.1, -0.05) is 12.1 Å². The van der Waals surface area contributed by atoms with Gasteiger partial charge in [0.1, 0.15) is 11.6 Å². The Bertz CT molecular complexity index is 572. The minimum Gasteiger partial charge on any atom is -0.497 e. The molecule has 2 rings (SSSR count). The van der Waals surface area contributed by atoms with Crippen molar-refractivity contribution in [2.24, 2.45) is 0 Å². The molecule has 0 aliphatic heterocycles. The Balaban J connectivity index is 2.15. The summed E-state index contributed by atoms with van der Waals surface area (Å²) in [4.78, 5) is 1.96. The Hall–Kier alpha value is -2.23. The van der Waals surface area contributed by atoms with Gasteiger partial charge in [-0.3, -0.25) is 0 Å². The van der Waals surface area contributed by atoms with E-state index in [1.165, 1.54) is 6.07 Å². The van der Waals surface area contributed by atoms with Crippen LogP contribution in [-0.4, -0.2) is 14.2 Å². The van der Waals surface area contributed by atoms with Gasteiger partial charge in [0.15, 0.2) is 0 Å². The minimum atomic E-state index is -0.394. The largest absolute Gasteiger partial charge is 0.497 e. The number of nitrogens with two attached hydrogens (primary N) is 1. The number of hydrogen-bond acceptors (Lipinski definition) is 3. The SMILES string of the molecule is COc1cccc(CN(C)c2ccc(N)c(F)c2)c1. The Morgan fingerprint density at radius 3 is 2.68 bits per heavy atom. The van der Waals surface area contributed by atoms with E-state index in [1.807, 2.05) is 36.2 Å². The van der Waals surface area contributed by atoms with E-state index in [-0.39, 0.29) is 5.69 Å². The van der Waals surface area contributed by atoms with Crippen molar-refractivity contribution in [2.75, 3.05) is 24.8 Å². The van der Waals surface area contributed by atoms with Crippen molar-refractivity contribution < 1.29 is 9.13 Å². The maximum absolute atomic E-state index is 13.4. The molecule has 2 aromatic rings. The third kappa shape index (κ3) is 3.16. The molecule has 3 nitrogen and oxygen atoms in total. The van der Waals surface area contributed by atoms with E-state index in [0.29, 0.717) is 6.54 Å². The summed E-state index contributed by atoms with van der Waals surface area (Å²) in [6, 6.07) is 12.6. The number of nitrogen functional groups attached to an aromatic ring is 1. The summed E-state index contributed by atoms with van der Waals surface area (Å²) >= 11 is 0. The molecular weight excluding hydrogens is 243 g/mol. The number of anilines is 2. The van der Waals surface area contributed by atoms with Gasteiger partial charge in [-0.15, -0.1) is 0 Å². The van der Waals surface area contributed by atoms with Crippen LogP contribution in [0.5, 0.6) is 5.75 Å². The molecule has 0 bridgehead atoms. The number of hydrogen-bond donors (Lipinski definition) is 1. The highest BCUT2D eigenvalue weighted by Gasteiger charge is 2.06. The van der Waals surface area contributed by atoms with Crippen molar-refractivity contribution in [2.45, 2.75) is 6.54 Å². The van der Waals surface area contributed by atoms with Crippen LogP contribution in [0, 0.1) is 5.82 Å². The molecule has 2 N–H and O–H groups in total. The van der Waals surface area contributed by atoms with Gasteiger partial charge < -0.3 is 15.4 Å². The van der Waals surface area contributed by atoms with Crippen molar-refractivity contribution in [1.82, 2.24) is 0 Å². The number of methoxy groups -OCH3 is 1. The van der Waals surface area contributed by atoms with Crippen molar-refractivity contribution in [3.8, 4) is 5.75 Å². The van der Waals surface area contributed by atoms with Crippen molar-refractivity contribution in [3.05, 3.63) is 53.8 Å². The van der Waals surface area contributed by atoms with Crippen LogP contribution in [0.1, 0.15) is 5.56 Å². The molecule has 0 heterocycles. The minimum absolute atomic E-state index is 0.165. The second-order valence-electron chi connectivity index (χ2n) is 4.41. The average molecular weight is 260 g/mol. The molecule has 0 aliphatic rings.